The highest BCUT2D eigenvalue weighted by atomic mass is 32.2. The van der Waals surface area contributed by atoms with Crippen molar-refractivity contribution in [3.63, 3.8) is 0 Å². The molecular formula is C16H14FN3O2S2. The van der Waals surface area contributed by atoms with Gasteiger partial charge < -0.3 is 0 Å². The number of nitrogens with one attached hydrogen (secondary N) is 1. The number of rotatable bonds is 6. The van der Waals surface area contributed by atoms with Gasteiger partial charge in [0.25, 0.3) is 0 Å². The van der Waals surface area contributed by atoms with Gasteiger partial charge in [-0.2, -0.15) is 11.3 Å². The summed E-state index contributed by atoms with van der Waals surface area (Å²) in [6, 6.07) is 7.44. The van der Waals surface area contributed by atoms with Crippen LogP contribution in [0.2, 0.25) is 0 Å². The van der Waals surface area contributed by atoms with Gasteiger partial charge in [-0.3, -0.25) is 9.97 Å². The lowest BCUT2D eigenvalue weighted by Gasteiger charge is -2.09. The summed E-state index contributed by atoms with van der Waals surface area (Å²) < 4.78 is 40.1. The molecule has 0 saturated carbocycles. The van der Waals surface area contributed by atoms with Crippen molar-refractivity contribution in [2.75, 3.05) is 0 Å². The molecule has 2 aromatic heterocycles. The highest BCUT2D eigenvalue weighted by molar-refractivity contribution is 7.88. The number of halogens is 1. The summed E-state index contributed by atoms with van der Waals surface area (Å²) in [4.78, 5) is 8.49. The molecule has 0 saturated heterocycles. The molecule has 0 aliphatic rings. The molecule has 124 valence electrons. The van der Waals surface area contributed by atoms with Gasteiger partial charge in [-0.1, -0.05) is 12.1 Å². The zero-order valence-electron chi connectivity index (χ0n) is 12.5. The molecule has 0 amide bonds. The average molecular weight is 363 g/mol. The fourth-order valence-electron chi connectivity index (χ4n) is 2.21. The van der Waals surface area contributed by atoms with Crippen LogP contribution in [0.5, 0.6) is 0 Å². The number of hydrogen-bond acceptors (Lipinski definition) is 5. The third-order valence-corrected chi connectivity index (χ3v) is 5.25. The highest BCUT2D eigenvalue weighted by Crippen LogP contribution is 2.22. The van der Waals surface area contributed by atoms with Crippen LogP contribution >= 0.6 is 11.3 Å². The van der Waals surface area contributed by atoms with Crippen LogP contribution in [-0.2, 0) is 22.3 Å². The van der Waals surface area contributed by atoms with Crippen LogP contribution in [0.4, 0.5) is 4.39 Å². The minimum Gasteiger partial charge on any atom is -0.256 e. The van der Waals surface area contributed by atoms with E-state index in [4.69, 9.17) is 0 Å². The molecule has 0 aliphatic carbocycles. The number of benzene rings is 1. The van der Waals surface area contributed by atoms with E-state index in [0.717, 1.165) is 5.56 Å². The minimum absolute atomic E-state index is 0.0245. The third-order valence-electron chi connectivity index (χ3n) is 3.27. The lowest BCUT2D eigenvalue weighted by atomic mass is 10.2. The van der Waals surface area contributed by atoms with Crippen molar-refractivity contribution in [1.82, 2.24) is 14.7 Å². The van der Waals surface area contributed by atoms with Crippen LogP contribution in [0, 0.1) is 5.82 Å². The first kappa shape index (κ1) is 16.7. The Morgan fingerprint density at radius 3 is 2.75 bits per heavy atom. The molecule has 1 aromatic carbocycles. The summed E-state index contributed by atoms with van der Waals surface area (Å²) in [6.45, 7) is 0.0245. The van der Waals surface area contributed by atoms with Crippen molar-refractivity contribution in [3.8, 4) is 11.3 Å². The van der Waals surface area contributed by atoms with E-state index in [9.17, 15) is 12.8 Å². The molecule has 3 rings (SSSR count). The lowest BCUT2D eigenvalue weighted by molar-refractivity contribution is 0.579. The molecule has 5 nitrogen and oxygen atoms in total. The van der Waals surface area contributed by atoms with E-state index in [1.807, 2.05) is 16.8 Å². The normalized spacial score (nSPS) is 11.5. The van der Waals surface area contributed by atoms with E-state index in [0.29, 0.717) is 17.0 Å². The standard InChI is InChI=1S/C16H14FN3O2S2/c17-14-3-1-2-12(8-14)11-24(21,22)20-9-15-16(19-6-5-18-15)13-4-7-23-10-13/h1-8,10,20H,9,11H2. The summed E-state index contributed by atoms with van der Waals surface area (Å²) in [5, 5.41) is 3.84. The first-order valence-electron chi connectivity index (χ1n) is 7.08. The van der Waals surface area contributed by atoms with Gasteiger partial charge in [0.15, 0.2) is 0 Å². The van der Waals surface area contributed by atoms with Crippen molar-refractivity contribution >= 4 is 21.4 Å². The van der Waals surface area contributed by atoms with E-state index in [-0.39, 0.29) is 12.3 Å². The largest absolute Gasteiger partial charge is 0.256 e. The van der Waals surface area contributed by atoms with Crippen LogP contribution in [0.25, 0.3) is 11.3 Å². The second-order valence-electron chi connectivity index (χ2n) is 5.07. The fourth-order valence-corrected chi connectivity index (χ4v) is 3.93. The first-order chi connectivity index (χ1) is 11.5. The maximum atomic E-state index is 13.2. The Bertz CT molecular complexity index is 928. The molecule has 0 fully saturated rings. The molecule has 0 unspecified atom stereocenters. The van der Waals surface area contributed by atoms with Gasteiger partial charge in [-0.05, 0) is 29.1 Å². The molecule has 0 bridgehead atoms. The zero-order valence-corrected chi connectivity index (χ0v) is 14.1. The van der Waals surface area contributed by atoms with E-state index < -0.39 is 15.8 Å². The molecule has 3 aromatic rings. The monoisotopic (exact) mass is 363 g/mol. The summed E-state index contributed by atoms with van der Waals surface area (Å²) in [5.41, 5.74) is 2.47. The van der Waals surface area contributed by atoms with Crippen LogP contribution in [0.15, 0.2) is 53.5 Å². The van der Waals surface area contributed by atoms with E-state index >= 15 is 0 Å². The van der Waals surface area contributed by atoms with Gasteiger partial charge in [0.05, 0.1) is 23.7 Å². The van der Waals surface area contributed by atoms with Crippen LogP contribution in [-0.4, -0.2) is 18.4 Å². The van der Waals surface area contributed by atoms with Gasteiger partial charge in [0.2, 0.25) is 10.0 Å². The molecule has 2 heterocycles. The smallest absolute Gasteiger partial charge is 0.216 e. The Morgan fingerprint density at radius 2 is 2.00 bits per heavy atom. The Labute approximate surface area is 143 Å². The maximum Gasteiger partial charge on any atom is 0.216 e. The Hall–Kier alpha value is -2.16. The molecule has 0 spiro atoms. The quantitative estimate of drug-likeness (QED) is 0.731. The molecule has 0 radical (unpaired) electrons. The summed E-state index contributed by atoms with van der Waals surface area (Å²) in [5.74, 6) is -0.755. The van der Waals surface area contributed by atoms with Gasteiger partial charge in [0.1, 0.15) is 5.82 Å². The number of nitrogens with zero attached hydrogens (tertiary/aromatic N) is 2. The molecule has 8 heteroatoms. The lowest BCUT2D eigenvalue weighted by Crippen LogP contribution is -2.25. The summed E-state index contributed by atoms with van der Waals surface area (Å²) in [6.07, 6.45) is 3.09. The van der Waals surface area contributed by atoms with Gasteiger partial charge in [-0.15, -0.1) is 0 Å². The fraction of sp³-hybridized carbons (Fsp3) is 0.125. The van der Waals surface area contributed by atoms with Crippen LogP contribution in [0.1, 0.15) is 11.3 Å². The van der Waals surface area contributed by atoms with Gasteiger partial charge >= 0.3 is 0 Å². The average Bonchev–Trinajstić information content (AvgIpc) is 3.07. The van der Waals surface area contributed by atoms with E-state index in [1.165, 1.54) is 35.7 Å². The number of aromatic nitrogens is 2. The molecule has 0 aliphatic heterocycles. The summed E-state index contributed by atoms with van der Waals surface area (Å²) in [7, 11) is -3.62. The molecule has 0 atom stereocenters. The topological polar surface area (TPSA) is 72.0 Å². The molecule has 1 N–H and O–H groups in total. The zero-order chi connectivity index (χ0) is 17.0. The number of sulfonamides is 1. The number of thiophene rings is 1. The van der Waals surface area contributed by atoms with Crippen LogP contribution in [0.3, 0.4) is 0 Å². The predicted molar refractivity (Wildman–Crippen MR) is 91.2 cm³/mol. The van der Waals surface area contributed by atoms with E-state index in [2.05, 4.69) is 14.7 Å². The Kier molecular flexibility index (Phi) is 4.98. The van der Waals surface area contributed by atoms with Crippen LogP contribution < -0.4 is 4.72 Å². The van der Waals surface area contributed by atoms with Gasteiger partial charge in [-0.25, -0.2) is 17.5 Å². The van der Waals surface area contributed by atoms with Crippen molar-refractivity contribution in [3.05, 3.63) is 70.6 Å². The second kappa shape index (κ2) is 7.16. The van der Waals surface area contributed by atoms with E-state index in [1.54, 1.807) is 12.3 Å². The van der Waals surface area contributed by atoms with Crippen molar-refractivity contribution in [2.45, 2.75) is 12.3 Å². The SMILES string of the molecule is O=S(=O)(Cc1cccc(F)c1)NCc1nccnc1-c1ccsc1. The van der Waals surface area contributed by atoms with Crippen molar-refractivity contribution in [2.24, 2.45) is 0 Å². The van der Waals surface area contributed by atoms with Gasteiger partial charge in [0, 0.05) is 23.3 Å². The predicted octanol–water partition coefficient (Wildman–Crippen LogP) is 2.96. The highest BCUT2D eigenvalue weighted by Gasteiger charge is 2.15. The van der Waals surface area contributed by atoms with Crippen molar-refractivity contribution in [1.29, 1.82) is 0 Å². The maximum absolute atomic E-state index is 13.2. The third kappa shape index (κ3) is 4.22. The molecule has 24 heavy (non-hydrogen) atoms. The first-order valence-corrected chi connectivity index (χ1v) is 9.67. The summed E-state index contributed by atoms with van der Waals surface area (Å²) >= 11 is 1.53. The van der Waals surface area contributed by atoms with Crippen molar-refractivity contribution < 1.29 is 12.8 Å². The Balaban J connectivity index is 1.74. The minimum atomic E-state index is -3.62. The number of hydrogen-bond donors (Lipinski definition) is 1. The second-order valence-corrected chi connectivity index (χ2v) is 7.66. The Morgan fingerprint density at radius 1 is 1.17 bits per heavy atom. The molecular weight excluding hydrogens is 349 g/mol.